The van der Waals surface area contributed by atoms with Gasteiger partial charge in [-0.25, -0.2) is 4.79 Å². The maximum absolute atomic E-state index is 15.3. The second kappa shape index (κ2) is 13.3. The standard InChI is InChI=1S/C45H57N4O8/c1-8-41(52)23-27-24-44(39(50)56-6,35-29(15-19-48(25-27)26-41)28-13-10-11-14-32(28)46-35)31-21-30-33(22-34(31)54-4)47(3)37-43(30)17-20-49-18-12-16-42(9-2,36(43)49)38(55-5)45(37,53)40(51)57-7/h10-14,16,21-23,27,36-38,46,52-53H,8-9,15,17-20,24-26H2,1-7H3/t27?,36?,37?,38-,41+,42-,43?,44+,45+/m1/s1. The summed E-state index contributed by atoms with van der Waals surface area (Å²) < 4.78 is 24.1. The van der Waals surface area contributed by atoms with Crippen LogP contribution in [0.15, 0.2) is 48.6 Å². The van der Waals surface area contributed by atoms with Gasteiger partial charge in [-0.15, -0.1) is 0 Å². The molecular weight excluding hydrogens is 725 g/mol. The van der Waals surface area contributed by atoms with E-state index < -0.39 is 51.5 Å². The molecule has 1 saturated carbocycles. The molecule has 12 heteroatoms. The summed E-state index contributed by atoms with van der Waals surface area (Å²) in [5.41, 5.74) is -0.891. The normalized spacial score (nSPS) is 38.0. The molecule has 305 valence electrons. The molecule has 6 aliphatic rings. The number of hydrogen-bond acceptors (Lipinski definition) is 11. The van der Waals surface area contributed by atoms with E-state index in [0.717, 1.165) is 46.5 Å². The van der Waals surface area contributed by atoms with Crippen LogP contribution in [0.3, 0.4) is 0 Å². The third kappa shape index (κ3) is 4.85. The van der Waals surface area contributed by atoms with E-state index in [1.54, 1.807) is 14.2 Å². The zero-order valence-electron chi connectivity index (χ0n) is 34.3. The third-order valence-corrected chi connectivity index (χ3v) is 15.3. The average Bonchev–Trinajstić information content (AvgIpc) is 3.88. The predicted octanol–water partition coefficient (Wildman–Crippen LogP) is 3.89. The molecule has 2 bridgehead atoms. The number of ether oxygens (including phenoxy) is 4. The first-order valence-corrected chi connectivity index (χ1v) is 20.6. The average molecular weight is 782 g/mol. The summed E-state index contributed by atoms with van der Waals surface area (Å²) in [5, 5.41) is 26.2. The third-order valence-electron chi connectivity index (χ3n) is 15.3. The highest BCUT2D eigenvalue weighted by atomic mass is 16.6. The maximum atomic E-state index is 15.3. The number of aromatic amines is 1. The molecule has 2 aromatic carbocycles. The number of carbonyl (C=O) groups excluding carboxylic acids is 2. The molecule has 5 unspecified atom stereocenters. The number of aliphatic hydroxyl groups is 2. The van der Waals surface area contributed by atoms with Gasteiger partial charge in [0.15, 0.2) is 0 Å². The van der Waals surface area contributed by atoms with Crippen LogP contribution in [0.5, 0.6) is 5.75 Å². The zero-order valence-corrected chi connectivity index (χ0v) is 34.3. The van der Waals surface area contributed by atoms with E-state index in [4.69, 9.17) is 18.9 Å². The Balaban J connectivity index is 1.37. The molecule has 3 fully saturated rings. The number of methoxy groups -OCH3 is 4. The number of piperidine rings is 1. The molecule has 12 nitrogen and oxygen atoms in total. The number of benzene rings is 2. The van der Waals surface area contributed by atoms with Crippen LogP contribution in [0.25, 0.3) is 10.9 Å². The summed E-state index contributed by atoms with van der Waals surface area (Å²) in [4.78, 5) is 40.2. The van der Waals surface area contributed by atoms with Crippen LogP contribution < -0.4 is 9.64 Å². The molecule has 1 spiro atoms. The number of H-pyrrole nitrogens is 1. The lowest BCUT2D eigenvalue weighted by Crippen LogP contribution is -2.81. The highest BCUT2D eigenvalue weighted by molar-refractivity contribution is 5.95. The summed E-state index contributed by atoms with van der Waals surface area (Å²) in [7, 11) is 7.90. The van der Waals surface area contributed by atoms with Gasteiger partial charge >= 0.3 is 11.9 Å². The van der Waals surface area contributed by atoms with Gasteiger partial charge in [-0.2, -0.15) is 0 Å². The van der Waals surface area contributed by atoms with Crippen molar-refractivity contribution < 1.29 is 38.7 Å². The fraction of sp³-hybridized carbons (Fsp3) is 0.578. The van der Waals surface area contributed by atoms with Crippen molar-refractivity contribution in [2.75, 3.05) is 73.1 Å². The number of likely N-dealkylation sites (N-methyl/N-ethyl adjacent to an activating group) is 1. The summed E-state index contributed by atoms with van der Waals surface area (Å²) >= 11 is 0. The van der Waals surface area contributed by atoms with E-state index in [1.165, 1.54) is 14.2 Å². The predicted molar refractivity (Wildman–Crippen MR) is 215 cm³/mol. The number of rotatable bonds is 7. The minimum absolute atomic E-state index is 0.150. The highest BCUT2D eigenvalue weighted by Crippen LogP contribution is 2.68. The molecule has 1 radical (unpaired) electrons. The van der Waals surface area contributed by atoms with E-state index in [9.17, 15) is 15.0 Å². The Hall–Kier alpha value is -3.94. The molecule has 3 N–H and O–H groups in total. The fourth-order valence-corrected chi connectivity index (χ4v) is 13.3. The van der Waals surface area contributed by atoms with Gasteiger partial charge in [-0.05, 0) is 74.2 Å². The minimum Gasteiger partial charge on any atom is -0.496 e. The summed E-state index contributed by atoms with van der Waals surface area (Å²) in [6.07, 6.45) is 8.24. The molecule has 1 aliphatic carbocycles. The summed E-state index contributed by atoms with van der Waals surface area (Å²) in [6.45, 7) is 7.50. The first-order chi connectivity index (χ1) is 27.4. The molecule has 57 heavy (non-hydrogen) atoms. The topological polar surface area (TPSA) is 137 Å². The number of para-hydroxylation sites is 1. The van der Waals surface area contributed by atoms with Crippen molar-refractivity contribution in [3.05, 3.63) is 77.4 Å². The Kier molecular flexibility index (Phi) is 8.99. The van der Waals surface area contributed by atoms with Crippen molar-refractivity contribution >= 4 is 28.5 Å². The number of hydrogen-bond donors (Lipinski definition) is 3. The van der Waals surface area contributed by atoms with Crippen LogP contribution in [0.1, 0.15) is 61.9 Å². The van der Waals surface area contributed by atoms with Gasteiger partial charge in [0.2, 0.25) is 5.60 Å². The van der Waals surface area contributed by atoms with Crippen molar-refractivity contribution in [2.24, 2.45) is 11.3 Å². The van der Waals surface area contributed by atoms with Crippen LogP contribution in [-0.4, -0.2) is 135 Å². The number of fused-ring (bicyclic) bond motifs is 6. The van der Waals surface area contributed by atoms with Gasteiger partial charge in [0, 0.05) is 91.1 Å². The molecule has 9 rings (SSSR count). The van der Waals surface area contributed by atoms with Crippen molar-refractivity contribution in [1.29, 1.82) is 0 Å². The lowest BCUT2D eigenvalue weighted by atomic mass is 9.47. The van der Waals surface area contributed by atoms with Gasteiger partial charge in [0.1, 0.15) is 17.3 Å². The van der Waals surface area contributed by atoms with Crippen LogP contribution in [-0.2, 0) is 41.1 Å². The lowest BCUT2D eigenvalue weighted by Gasteiger charge is -2.63. The van der Waals surface area contributed by atoms with Crippen LogP contribution in [0.4, 0.5) is 5.69 Å². The lowest BCUT2D eigenvalue weighted by molar-refractivity contribution is -0.225. The van der Waals surface area contributed by atoms with E-state index in [0.29, 0.717) is 63.1 Å². The Labute approximate surface area is 335 Å². The Bertz CT molecular complexity index is 2150. The molecule has 1 aromatic heterocycles. The Morgan fingerprint density at radius 1 is 0.965 bits per heavy atom. The van der Waals surface area contributed by atoms with E-state index in [2.05, 4.69) is 52.4 Å². The summed E-state index contributed by atoms with van der Waals surface area (Å²) in [6, 6.07) is 11.4. The van der Waals surface area contributed by atoms with Crippen LogP contribution >= 0.6 is 0 Å². The van der Waals surface area contributed by atoms with E-state index in [1.807, 2.05) is 43.1 Å². The van der Waals surface area contributed by atoms with Crippen LogP contribution in [0, 0.1) is 17.8 Å². The highest BCUT2D eigenvalue weighted by Gasteiger charge is 2.79. The molecule has 0 amide bonds. The second-order valence-electron chi connectivity index (χ2n) is 17.6. The van der Waals surface area contributed by atoms with E-state index in [-0.39, 0.29) is 12.0 Å². The SMILES string of the molecule is CC[C@]1(O)[CH]C2CN(CCc3c([nH]c4ccccc34)[C@@](C(=O)OC)(c3cc4c(cc3OC)N(C)C3C45CCN4CC=C[C@](CC)(C45)[C@@H](OC)[C@]3(O)C(=O)OC)C2)C1. The molecule has 6 heterocycles. The number of esters is 2. The van der Waals surface area contributed by atoms with Gasteiger partial charge in [0.05, 0.1) is 33.0 Å². The first kappa shape index (κ1) is 38.6. The van der Waals surface area contributed by atoms with Crippen molar-refractivity contribution in [1.82, 2.24) is 14.8 Å². The number of carbonyl (C=O) groups is 2. The number of nitrogens with zero attached hydrogens (tertiary/aromatic N) is 3. The largest absolute Gasteiger partial charge is 0.496 e. The fourth-order valence-electron chi connectivity index (χ4n) is 13.3. The van der Waals surface area contributed by atoms with Gasteiger partial charge in [-0.3, -0.25) is 14.6 Å². The van der Waals surface area contributed by atoms with Crippen LogP contribution in [0.2, 0.25) is 0 Å². The zero-order chi connectivity index (χ0) is 40.3. The minimum atomic E-state index is -2.07. The van der Waals surface area contributed by atoms with Gasteiger partial charge in [-0.1, -0.05) is 44.2 Å². The maximum Gasteiger partial charge on any atom is 0.342 e. The van der Waals surface area contributed by atoms with Crippen molar-refractivity contribution in [2.45, 2.75) is 86.2 Å². The quantitative estimate of drug-likeness (QED) is 0.238. The monoisotopic (exact) mass is 781 g/mol. The van der Waals surface area contributed by atoms with Gasteiger partial charge in [0.25, 0.3) is 0 Å². The first-order valence-electron chi connectivity index (χ1n) is 20.6. The summed E-state index contributed by atoms with van der Waals surface area (Å²) in [5.74, 6) is -0.855. The van der Waals surface area contributed by atoms with Crippen molar-refractivity contribution in [3.8, 4) is 5.75 Å². The van der Waals surface area contributed by atoms with E-state index >= 15 is 4.79 Å². The molecule has 5 aliphatic heterocycles. The molecule has 10 atom stereocenters. The number of nitrogens with one attached hydrogen (secondary N) is 1. The molecule has 3 aromatic rings. The molecule has 2 saturated heterocycles. The van der Waals surface area contributed by atoms with Crippen molar-refractivity contribution in [3.63, 3.8) is 0 Å². The smallest absolute Gasteiger partial charge is 0.342 e. The number of anilines is 1. The van der Waals surface area contributed by atoms with Gasteiger partial charge < -0.3 is 39.0 Å². The second-order valence-corrected chi connectivity index (χ2v) is 17.6. The Morgan fingerprint density at radius 3 is 2.44 bits per heavy atom. The molecular formula is C45H57N4O8. The number of aromatic nitrogens is 1. The Morgan fingerprint density at radius 2 is 1.74 bits per heavy atom.